The zero-order valence-corrected chi connectivity index (χ0v) is 11.8. The number of Topliss-reactive ketones (excluding diaryl/α,β-unsaturated/α-hetero) is 2. The van der Waals surface area contributed by atoms with Gasteiger partial charge in [0.25, 0.3) is 0 Å². The molecule has 0 fully saturated rings. The fraction of sp³-hybridized carbons (Fsp3) is 0.385. The Morgan fingerprint density at radius 1 is 1.14 bits per heavy atom. The van der Waals surface area contributed by atoms with Gasteiger partial charge in [0.05, 0.1) is 9.85 Å². The highest BCUT2D eigenvalue weighted by Gasteiger charge is 2.31. The van der Waals surface area contributed by atoms with Gasteiger partial charge >= 0.3 is 11.4 Å². The SMILES string of the molecule is CC(C)CC(=O)C(F)C(=O)c1ccc([N+](=O)[O-])c([N+](=O)[O-])c1. The number of carbonyl (C=O) groups excluding carboxylic acids is 2. The number of alkyl halides is 1. The molecule has 118 valence electrons. The molecule has 0 amide bonds. The van der Waals surface area contributed by atoms with E-state index in [-0.39, 0.29) is 12.3 Å². The molecule has 0 aliphatic carbocycles. The fourth-order valence-corrected chi connectivity index (χ4v) is 1.78. The number of nitro groups is 2. The fourth-order valence-electron chi connectivity index (χ4n) is 1.78. The van der Waals surface area contributed by atoms with Crippen LogP contribution in [0.25, 0.3) is 0 Å². The molecule has 0 saturated carbocycles. The van der Waals surface area contributed by atoms with Crippen LogP contribution in [0, 0.1) is 26.1 Å². The largest absolute Gasteiger partial charge is 0.346 e. The van der Waals surface area contributed by atoms with Crippen LogP contribution in [0.3, 0.4) is 0 Å². The van der Waals surface area contributed by atoms with Gasteiger partial charge in [-0.1, -0.05) is 13.8 Å². The smallest absolute Gasteiger partial charge is 0.296 e. The molecule has 1 aromatic rings. The molecule has 0 heterocycles. The summed E-state index contributed by atoms with van der Waals surface area (Å²) in [6.07, 6.45) is -2.59. The third-order valence-electron chi connectivity index (χ3n) is 2.78. The molecule has 0 aliphatic rings. The highest BCUT2D eigenvalue weighted by molar-refractivity contribution is 6.13. The number of hydrogen-bond acceptors (Lipinski definition) is 6. The molecular weight excluding hydrogens is 299 g/mol. The van der Waals surface area contributed by atoms with Crippen molar-refractivity contribution in [1.82, 2.24) is 0 Å². The zero-order chi connectivity index (χ0) is 17.0. The molecular formula is C13H13FN2O6. The average Bonchev–Trinajstić information content (AvgIpc) is 2.44. The van der Waals surface area contributed by atoms with E-state index < -0.39 is 44.5 Å². The number of nitro benzene ring substituents is 2. The number of carbonyl (C=O) groups is 2. The van der Waals surface area contributed by atoms with Crippen LogP contribution in [0.2, 0.25) is 0 Å². The second-order valence-corrected chi connectivity index (χ2v) is 5.01. The van der Waals surface area contributed by atoms with Crippen LogP contribution in [0.4, 0.5) is 15.8 Å². The van der Waals surface area contributed by atoms with Gasteiger partial charge in [-0.05, 0) is 12.0 Å². The maximum atomic E-state index is 13.8. The third-order valence-corrected chi connectivity index (χ3v) is 2.78. The normalized spacial score (nSPS) is 12.0. The van der Waals surface area contributed by atoms with Gasteiger partial charge in [-0.2, -0.15) is 0 Å². The maximum absolute atomic E-state index is 13.8. The molecule has 0 aromatic heterocycles. The molecule has 1 unspecified atom stereocenters. The van der Waals surface area contributed by atoms with Gasteiger partial charge in [0.1, 0.15) is 0 Å². The minimum atomic E-state index is -2.44. The summed E-state index contributed by atoms with van der Waals surface area (Å²) in [7, 11) is 0. The van der Waals surface area contributed by atoms with Crippen LogP contribution in [-0.4, -0.2) is 27.6 Å². The molecule has 1 atom stereocenters. The van der Waals surface area contributed by atoms with Gasteiger partial charge in [-0.25, -0.2) is 4.39 Å². The first kappa shape index (κ1) is 17.3. The zero-order valence-electron chi connectivity index (χ0n) is 11.8. The summed E-state index contributed by atoms with van der Waals surface area (Å²) < 4.78 is 13.8. The lowest BCUT2D eigenvalue weighted by atomic mass is 9.98. The van der Waals surface area contributed by atoms with Crippen LogP contribution in [0.15, 0.2) is 18.2 Å². The Morgan fingerprint density at radius 2 is 1.68 bits per heavy atom. The van der Waals surface area contributed by atoms with Crippen molar-refractivity contribution >= 4 is 22.9 Å². The van der Waals surface area contributed by atoms with E-state index in [2.05, 4.69) is 0 Å². The van der Waals surface area contributed by atoms with Gasteiger partial charge in [0.15, 0.2) is 5.78 Å². The van der Waals surface area contributed by atoms with Crippen LogP contribution < -0.4 is 0 Å². The molecule has 1 rings (SSSR count). The quantitative estimate of drug-likeness (QED) is 0.330. The van der Waals surface area contributed by atoms with E-state index in [4.69, 9.17) is 0 Å². The summed E-state index contributed by atoms with van der Waals surface area (Å²) in [5, 5.41) is 21.4. The highest BCUT2D eigenvalue weighted by Crippen LogP contribution is 2.28. The van der Waals surface area contributed by atoms with Crippen molar-refractivity contribution < 1.29 is 23.8 Å². The van der Waals surface area contributed by atoms with E-state index in [9.17, 15) is 34.2 Å². The molecule has 1 aromatic carbocycles. The van der Waals surface area contributed by atoms with Crippen molar-refractivity contribution in [1.29, 1.82) is 0 Å². The van der Waals surface area contributed by atoms with Crippen LogP contribution in [0.5, 0.6) is 0 Å². The highest BCUT2D eigenvalue weighted by atomic mass is 19.1. The standard InChI is InChI=1S/C13H13FN2O6/c1-7(2)5-11(17)12(14)13(18)8-3-4-9(15(19)20)10(6-8)16(21)22/h3-4,6-7,12H,5H2,1-2H3. The Hall–Kier alpha value is -2.71. The number of ketones is 2. The second kappa shape index (κ2) is 6.83. The van der Waals surface area contributed by atoms with Crippen LogP contribution >= 0.6 is 0 Å². The van der Waals surface area contributed by atoms with Gasteiger partial charge in [0, 0.05) is 24.1 Å². The molecule has 0 aliphatic heterocycles. The van der Waals surface area contributed by atoms with Gasteiger partial charge in [0.2, 0.25) is 12.0 Å². The Morgan fingerprint density at radius 3 is 2.14 bits per heavy atom. The predicted octanol–water partition coefficient (Wildman–Crippen LogP) is 2.64. The molecule has 22 heavy (non-hydrogen) atoms. The van der Waals surface area contributed by atoms with E-state index in [0.717, 1.165) is 12.1 Å². The van der Waals surface area contributed by atoms with Crippen molar-refractivity contribution in [3.8, 4) is 0 Å². The summed E-state index contributed by atoms with van der Waals surface area (Å²) in [5.74, 6) is -2.32. The molecule has 0 bridgehead atoms. The van der Waals surface area contributed by atoms with Gasteiger partial charge in [-0.15, -0.1) is 0 Å². The van der Waals surface area contributed by atoms with Crippen molar-refractivity contribution in [2.45, 2.75) is 26.4 Å². The third kappa shape index (κ3) is 3.90. The van der Waals surface area contributed by atoms with Crippen molar-refractivity contribution in [3.05, 3.63) is 44.0 Å². The maximum Gasteiger partial charge on any atom is 0.346 e. The Balaban J connectivity index is 3.14. The Labute approximate surface area is 124 Å². The monoisotopic (exact) mass is 312 g/mol. The minimum absolute atomic E-state index is 0.148. The van der Waals surface area contributed by atoms with E-state index >= 15 is 0 Å². The Bertz CT molecular complexity index is 643. The molecule has 0 spiro atoms. The molecule has 0 saturated heterocycles. The molecule has 0 radical (unpaired) electrons. The number of rotatable bonds is 7. The molecule has 9 heteroatoms. The molecule has 0 N–H and O–H groups in total. The van der Waals surface area contributed by atoms with E-state index in [1.54, 1.807) is 13.8 Å². The predicted molar refractivity (Wildman–Crippen MR) is 73.4 cm³/mol. The topological polar surface area (TPSA) is 120 Å². The average molecular weight is 312 g/mol. The van der Waals surface area contributed by atoms with Gasteiger partial charge in [-0.3, -0.25) is 29.8 Å². The van der Waals surface area contributed by atoms with Crippen molar-refractivity contribution in [2.24, 2.45) is 5.92 Å². The first-order chi connectivity index (χ1) is 10.1. The number of benzene rings is 1. The summed E-state index contributed by atoms with van der Waals surface area (Å²) in [5.41, 5.74) is -2.20. The van der Waals surface area contributed by atoms with E-state index in [1.165, 1.54) is 0 Å². The minimum Gasteiger partial charge on any atom is -0.296 e. The summed E-state index contributed by atoms with van der Waals surface area (Å²) >= 11 is 0. The lowest BCUT2D eigenvalue weighted by Gasteiger charge is -2.08. The summed E-state index contributed by atoms with van der Waals surface area (Å²) in [6.45, 7) is 3.34. The summed E-state index contributed by atoms with van der Waals surface area (Å²) in [4.78, 5) is 42.8. The second-order valence-electron chi connectivity index (χ2n) is 5.01. The van der Waals surface area contributed by atoms with Gasteiger partial charge < -0.3 is 0 Å². The van der Waals surface area contributed by atoms with E-state index in [0.29, 0.717) is 6.07 Å². The lowest BCUT2D eigenvalue weighted by Crippen LogP contribution is -2.27. The number of nitrogens with zero attached hydrogens (tertiary/aromatic N) is 2. The molecule has 8 nitrogen and oxygen atoms in total. The number of hydrogen-bond donors (Lipinski definition) is 0. The first-order valence-corrected chi connectivity index (χ1v) is 6.29. The Kier molecular flexibility index (Phi) is 5.39. The van der Waals surface area contributed by atoms with Crippen molar-refractivity contribution in [2.75, 3.05) is 0 Å². The van der Waals surface area contributed by atoms with E-state index in [1.807, 2.05) is 0 Å². The van der Waals surface area contributed by atoms with Crippen molar-refractivity contribution in [3.63, 3.8) is 0 Å². The lowest BCUT2D eigenvalue weighted by molar-refractivity contribution is -0.422. The summed E-state index contributed by atoms with van der Waals surface area (Å²) in [6, 6.07) is 2.24. The van der Waals surface area contributed by atoms with Crippen LogP contribution in [-0.2, 0) is 4.79 Å². The van der Waals surface area contributed by atoms with Crippen LogP contribution in [0.1, 0.15) is 30.6 Å². The number of halogens is 1. The first-order valence-electron chi connectivity index (χ1n) is 6.29.